The van der Waals surface area contributed by atoms with Gasteiger partial charge >= 0.3 is 6.61 Å². The predicted molar refractivity (Wildman–Crippen MR) is 40.9 cm³/mol. The molecule has 0 N–H and O–H groups in total. The molecule has 0 unspecified atom stereocenters. The number of pyridine rings is 1. The van der Waals surface area contributed by atoms with Crippen molar-refractivity contribution in [3.8, 4) is 5.75 Å². The van der Waals surface area contributed by atoms with Crippen molar-refractivity contribution in [1.82, 2.24) is 4.98 Å². The zero-order chi connectivity index (χ0) is 9.14. The maximum atomic E-state index is 11.7. The van der Waals surface area contributed by atoms with E-state index in [0.717, 1.165) is 0 Å². The van der Waals surface area contributed by atoms with Gasteiger partial charge in [-0.3, -0.25) is 0 Å². The number of ether oxygens (including phenoxy) is 1. The van der Waals surface area contributed by atoms with Crippen molar-refractivity contribution in [3.05, 3.63) is 22.4 Å². The molecule has 0 aliphatic carbocycles. The lowest BCUT2D eigenvalue weighted by Crippen LogP contribution is -2.02. The van der Waals surface area contributed by atoms with Crippen molar-refractivity contribution >= 4 is 23.2 Å². The van der Waals surface area contributed by atoms with Crippen LogP contribution in [0.1, 0.15) is 0 Å². The third-order valence-electron chi connectivity index (χ3n) is 0.990. The number of hydrogen-bond acceptors (Lipinski definition) is 2. The first-order valence-electron chi connectivity index (χ1n) is 2.85. The molecule has 0 atom stereocenters. The van der Waals surface area contributed by atoms with Crippen molar-refractivity contribution in [2.75, 3.05) is 0 Å². The Kier molecular flexibility index (Phi) is 3.05. The van der Waals surface area contributed by atoms with Gasteiger partial charge in [0, 0.05) is 12.3 Å². The van der Waals surface area contributed by atoms with Gasteiger partial charge in [-0.1, -0.05) is 23.2 Å². The normalized spacial score (nSPS) is 10.4. The fourth-order valence-electron chi connectivity index (χ4n) is 0.583. The van der Waals surface area contributed by atoms with Gasteiger partial charge in [-0.25, -0.2) is 4.98 Å². The summed E-state index contributed by atoms with van der Waals surface area (Å²) in [5.41, 5.74) is 0. The van der Waals surface area contributed by atoms with Gasteiger partial charge in [-0.2, -0.15) is 8.78 Å². The highest BCUT2D eigenvalue weighted by Gasteiger charge is 2.09. The van der Waals surface area contributed by atoms with Crippen LogP contribution >= 0.6 is 23.2 Å². The first kappa shape index (κ1) is 9.48. The molecule has 6 heteroatoms. The quantitative estimate of drug-likeness (QED) is 0.706. The van der Waals surface area contributed by atoms with Crippen molar-refractivity contribution in [3.63, 3.8) is 0 Å². The number of alkyl halides is 2. The molecule has 66 valence electrons. The summed E-state index contributed by atoms with van der Waals surface area (Å²) >= 11 is 10.9. The van der Waals surface area contributed by atoms with Gasteiger partial charge in [0.1, 0.15) is 0 Å². The summed E-state index contributed by atoms with van der Waals surface area (Å²) in [5, 5.41) is 0.0507. The molecule has 1 heterocycles. The molecular weight excluding hydrogens is 211 g/mol. The molecule has 0 aromatic carbocycles. The van der Waals surface area contributed by atoms with Gasteiger partial charge in [0.15, 0.2) is 10.9 Å². The summed E-state index contributed by atoms with van der Waals surface area (Å²) in [7, 11) is 0. The Morgan fingerprint density at radius 1 is 1.42 bits per heavy atom. The zero-order valence-electron chi connectivity index (χ0n) is 5.60. The predicted octanol–water partition coefficient (Wildman–Crippen LogP) is 2.99. The zero-order valence-corrected chi connectivity index (χ0v) is 7.11. The number of rotatable bonds is 2. The maximum Gasteiger partial charge on any atom is 0.387 e. The fourth-order valence-corrected chi connectivity index (χ4v) is 0.878. The number of hydrogen-bond donors (Lipinski definition) is 0. The fraction of sp³-hybridized carbons (Fsp3) is 0.167. The van der Waals surface area contributed by atoms with E-state index >= 15 is 0 Å². The van der Waals surface area contributed by atoms with Crippen LogP contribution in [0, 0.1) is 0 Å². The molecule has 12 heavy (non-hydrogen) atoms. The molecule has 1 aromatic rings. The summed E-state index contributed by atoms with van der Waals surface area (Å²) in [6.07, 6.45) is 1.24. The van der Waals surface area contributed by atoms with E-state index in [0.29, 0.717) is 0 Å². The van der Waals surface area contributed by atoms with Crippen molar-refractivity contribution in [1.29, 1.82) is 0 Å². The van der Waals surface area contributed by atoms with Crippen LogP contribution in [0.5, 0.6) is 5.75 Å². The molecule has 0 bridgehead atoms. The molecule has 2 nitrogen and oxygen atoms in total. The van der Waals surface area contributed by atoms with Crippen LogP contribution in [0.3, 0.4) is 0 Å². The van der Waals surface area contributed by atoms with Crippen LogP contribution in [0.4, 0.5) is 8.78 Å². The van der Waals surface area contributed by atoms with Crippen LogP contribution in [0.15, 0.2) is 12.3 Å². The molecular formula is C6H3Cl2F2NO. The Balaban J connectivity index is 2.90. The first-order valence-corrected chi connectivity index (χ1v) is 3.61. The van der Waals surface area contributed by atoms with Gasteiger partial charge in [0.2, 0.25) is 0 Å². The molecule has 0 aliphatic heterocycles. The van der Waals surface area contributed by atoms with E-state index in [1.807, 2.05) is 0 Å². The van der Waals surface area contributed by atoms with E-state index in [2.05, 4.69) is 9.72 Å². The SMILES string of the molecule is FC(F)Oc1cc(Cl)cnc1Cl. The lowest BCUT2D eigenvalue weighted by atomic mass is 10.5. The summed E-state index contributed by atoms with van der Waals surface area (Å²) in [4.78, 5) is 3.51. The Morgan fingerprint density at radius 2 is 2.08 bits per heavy atom. The summed E-state index contributed by atoms with van der Waals surface area (Å²) < 4.78 is 27.4. The van der Waals surface area contributed by atoms with Crippen LogP contribution in [-0.2, 0) is 0 Å². The van der Waals surface area contributed by atoms with E-state index in [9.17, 15) is 8.78 Å². The molecule has 0 amide bonds. The van der Waals surface area contributed by atoms with E-state index < -0.39 is 6.61 Å². The van der Waals surface area contributed by atoms with Crippen LogP contribution in [-0.4, -0.2) is 11.6 Å². The molecule has 1 rings (SSSR count). The second-order valence-corrected chi connectivity index (χ2v) is 2.62. The standard InChI is InChI=1S/C6H3Cl2F2NO/c7-3-1-4(12-6(9)10)5(8)11-2-3/h1-2,6H. The Hall–Kier alpha value is -0.610. The molecule has 1 aromatic heterocycles. The van der Waals surface area contributed by atoms with Crippen LogP contribution in [0.2, 0.25) is 10.2 Å². The second kappa shape index (κ2) is 3.87. The van der Waals surface area contributed by atoms with Gasteiger partial charge in [0.25, 0.3) is 0 Å². The Bertz CT molecular complexity index is 282. The highest BCUT2D eigenvalue weighted by atomic mass is 35.5. The minimum Gasteiger partial charge on any atom is -0.431 e. The van der Waals surface area contributed by atoms with E-state index in [-0.39, 0.29) is 15.9 Å². The molecule has 0 saturated carbocycles. The lowest BCUT2D eigenvalue weighted by Gasteiger charge is -2.04. The van der Waals surface area contributed by atoms with Crippen LogP contribution in [0.25, 0.3) is 0 Å². The first-order chi connectivity index (χ1) is 5.59. The van der Waals surface area contributed by atoms with E-state index in [1.54, 1.807) is 0 Å². The highest BCUT2D eigenvalue weighted by molar-refractivity contribution is 6.33. The second-order valence-electron chi connectivity index (χ2n) is 1.82. The highest BCUT2D eigenvalue weighted by Crippen LogP contribution is 2.26. The van der Waals surface area contributed by atoms with Gasteiger partial charge in [-0.05, 0) is 0 Å². The van der Waals surface area contributed by atoms with E-state index in [1.165, 1.54) is 12.3 Å². The average molecular weight is 214 g/mol. The lowest BCUT2D eigenvalue weighted by molar-refractivity contribution is -0.0499. The van der Waals surface area contributed by atoms with E-state index in [4.69, 9.17) is 23.2 Å². The molecule has 0 saturated heterocycles. The van der Waals surface area contributed by atoms with Gasteiger partial charge < -0.3 is 4.74 Å². The summed E-state index contributed by atoms with van der Waals surface area (Å²) in [5.74, 6) is -0.223. The molecule has 0 radical (unpaired) electrons. The van der Waals surface area contributed by atoms with Crippen LogP contribution < -0.4 is 4.74 Å². The van der Waals surface area contributed by atoms with Crippen molar-refractivity contribution in [2.45, 2.75) is 6.61 Å². The number of aromatic nitrogens is 1. The monoisotopic (exact) mass is 213 g/mol. The van der Waals surface area contributed by atoms with Gasteiger partial charge in [-0.15, -0.1) is 0 Å². The summed E-state index contributed by atoms with van der Waals surface area (Å²) in [6.45, 7) is -2.93. The largest absolute Gasteiger partial charge is 0.431 e. The maximum absolute atomic E-state index is 11.7. The molecule has 0 aliphatic rings. The average Bonchev–Trinajstić information content (AvgIpc) is 1.96. The minimum atomic E-state index is -2.93. The Morgan fingerprint density at radius 3 is 2.67 bits per heavy atom. The Labute approximate surface area is 77.1 Å². The minimum absolute atomic E-state index is 0.139. The number of halogens is 4. The van der Waals surface area contributed by atoms with Crippen molar-refractivity contribution < 1.29 is 13.5 Å². The summed E-state index contributed by atoms with van der Waals surface area (Å²) in [6, 6.07) is 1.17. The third kappa shape index (κ3) is 2.46. The smallest absolute Gasteiger partial charge is 0.387 e. The third-order valence-corrected chi connectivity index (χ3v) is 1.48. The molecule has 0 fully saturated rings. The topological polar surface area (TPSA) is 22.1 Å². The number of nitrogens with zero attached hydrogens (tertiary/aromatic N) is 1. The van der Waals surface area contributed by atoms with Crippen molar-refractivity contribution in [2.24, 2.45) is 0 Å². The molecule has 0 spiro atoms. The van der Waals surface area contributed by atoms with Gasteiger partial charge in [0.05, 0.1) is 5.02 Å².